The van der Waals surface area contributed by atoms with Crippen molar-refractivity contribution in [3.63, 3.8) is 0 Å². The quantitative estimate of drug-likeness (QED) is 0.639. The lowest BCUT2D eigenvalue weighted by atomic mass is 10.3. The number of carbonyl (C=O) groups is 1. The molecule has 0 unspecified atom stereocenters. The monoisotopic (exact) mass is 350 g/mol. The summed E-state index contributed by atoms with van der Waals surface area (Å²) in [6.45, 7) is 1.75. The summed E-state index contributed by atoms with van der Waals surface area (Å²) < 4.78 is 30.4. The maximum absolute atomic E-state index is 12.0. The van der Waals surface area contributed by atoms with Crippen LogP contribution in [0, 0.1) is 0 Å². The van der Waals surface area contributed by atoms with Gasteiger partial charge in [-0.05, 0) is 25.1 Å². The topological polar surface area (TPSA) is 89.7 Å². The molecule has 0 saturated carbocycles. The van der Waals surface area contributed by atoms with Gasteiger partial charge in [-0.2, -0.15) is 0 Å². The van der Waals surface area contributed by atoms with Gasteiger partial charge in [0.2, 0.25) is 10.0 Å². The van der Waals surface area contributed by atoms with Crippen molar-refractivity contribution >= 4 is 43.3 Å². The second kappa shape index (κ2) is 6.25. The molecular weight excluding hydrogens is 336 g/mol. The van der Waals surface area contributed by atoms with Gasteiger partial charge in [0.05, 0.1) is 18.0 Å². The molecule has 1 aromatic rings. The molecule has 0 amide bonds. The van der Waals surface area contributed by atoms with Crippen LogP contribution in [0.25, 0.3) is 0 Å². The molecule has 0 saturated heterocycles. The standard InChI is InChI=1S/C11H15BrN2O4S/c1-3-18-11(15)7-19(16,17)14(2)10-5-4-8(12)6-9(10)13/h4-6H,3,7,13H2,1-2H3. The van der Waals surface area contributed by atoms with E-state index in [0.29, 0.717) is 11.4 Å². The first-order chi connectivity index (χ1) is 8.77. The molecule has 0 fully saturated rings. The Bertz CT molecular complexity index is 574. The molecule has 0 radical (unpaired) electrons. The Morgan fingerprint density at radius 1 is 1.47 bits per heavy atom. The normalized spacial score (nSPS) is 11.1. The molecule has 0 aliphatic carbocycles. The maximum Gasteiger partial charge on any atom is 0.323 e. The van der Waals surface area contributed by atoms with E-state index in [1.54, 1.807) is 25.1 Å². The second-order valence-electron chi connectivity index (χ2n) is 3.73. The summed E-state index contributed by atoms with van der Waals surface area (Å²) >= 11 is 3.23. The molecule has 0 aromatic heterocycles. The number of rotatable bonds is 5. The first-order valence-electron chi connectivity index (χ1n) is 5.45. The van der Waals surface area contributed by atoms with Crippen LogP contribution in [-0.2, 0) is 19.6 Å². The Hall–Kier alpha value is -1.28. The van der Waals surface area contributed by atoms with E-state index < -0.39 is 21.7 Å². The number of anilines is 2. The van der Waals surface area contributed by atoms with Gasteiger partial charge in [-0.25, -0.2) is 8.42 Å². The van der Waals surface area contributed by atoms with Crippen molar-refractivity contribution in [2.45, 2.75) is 6.92 Å². The number of halogens is 1. The van der Waals surface area contributed by atoms with Crippen LogP contribution in [-0.4, -0.2) is 33.8 Å². The summed E-state index contributed by atoms with van der Waals surface area (Å²) in [5, 5.41) is 0. The number of hydrogen-bond acceptors (Lipinski definition) is 5. The van der Waals surface area contributed by atoms with Gasteiger partial charge in [0.25, 0.3) is 0 Å². The Kier molecular flexibility index (Phi) is 5.19. The highest BCUT2D eigenvalue weighted by Crippen LogP contribution is 2.27. The smallest absolute Gasteiger partial charge is 0.323 e. The highest BCUT2D eigenvalue weighted by molar-refractivity contribution is 9.10. The fraction of sp³-hybridized carbons (Fsp3) is 0.364. The first kappa shape index (κ1) is 15.8. The molecule has 6 nitrogen and oxygen atoms in total. The zero-order valence-corrected chi connectivity index (χ0v) is 13.0. The van der Waals surface area contributed by atoms with Crippen molar-refractivity contribution < 1.29 is 17.9 Å². The predicted molar refractivity (Wildman–Crippen MR) is 77.4 cm³/mol. The number of sulfonamides is 1. The average Bonchev–Trinajstić information content (AvgIpc) is 2.27. The number of esters is 1. The van der Waals surface area contributed by atoms with Crippen LogP contribution in [0.3, 0.4) is 0 Å². The highest BCUT2D eigenvalue weighted by atomic mass is 79.9. The van der Waals surface area contributed by atoms with Crippen LogP contribution in [0.15, 0.2) is 22.7 Å². The number of hydrogen-bond donors (Lipinski definition) is 1. The van der Waals surface area contributed by atoms with Gasteiger partial charge in [-0.15, -0.1) is 0 Å². The predicted octanol–water partition coefficient (Wildman–Crippen LogP) is 1.36. The van der Waals surface area contributed by atoms with Gasteiger partial charge in [0.1, 0.15) is 0 Å². The summed E-state index contributed by atoms with van der Waals surface area (Å²) in [7, 11) is -2.47. The molecule has 19 heavy (non-hydrogen) atoms. The molecule has 1 rings (SSSR count). The molecule has 1 aromatic carbocycles. The molecule has 2 N–H and O–H groups in total. The average molecular weight is 351 g/mol. The van der Waals surface area contributed by atoms with Gasteiger partial charge in [-0.1, -0.05) is 15.9 Å². The molecule has 106 valence electrons. The molecule has 0 aliphatic rings. The molecular formula is C11H15BrN2O4S. The minimum Gasteiger partial charge on any atom is -0.465 e. The number of nitrogen functional groups attached to an aromatic ring is 1. The fourth-order valence-electron chi connectivity index (χ4n) is 1.41. The lowest BCUT2D eigenvalue weighted by Crippen LogP contribution is -2.33. The number of nitrogens with zero attached hydrogens (tertiary/aromatic N) is 1. The van der Waals surface area contributed by atoms with Crippen molar-refractivity contribution in [2.75, 3.05) is 29.4 Å². The highest BCUT2D eigenvalue weighted by Gasteiger charge is 2.24. The third kappa shape index (κ3) is 4.10. The lowest BCUT2D eigenvalue weighted by molar-refractivity contribution is -0.139. The molecule has 0 bridgehead atoms. The van der Waals surface area contributed by atoms with Crippen LogP contribution < -0.4 is 10.0 Å². The van der Waals surface area contributed by atoms with Gasteiger partial charge in [0, 0.05) is 11.5 Å². The van der Waals surface area contributed by atoms with E-state index in [4.69, 9.17) is 5.73 Å². The van der Waals surface area contributed by atoms with Gasteiger partial charge < -0.3 is 10.5 Å². The molecule has 0 heterocycles. The largest absolute Gasteiger partial charge is 0.465 e. The minimum absolute atomic E-state index is 0.137. The zero-order chi connectivity index (χ0) is 14.6. The summed E-state index contributed by atoms with van der Waals surface area (Å²) in [5.41, 5.74) is 6.36. The molecule has 0 atom stereocenters. The molecule has 0 aliphatic heterocycles. The summed E-state index contributed by atoms with van der Waals surface area (Å²) in [5.74, 6) is -1.50. The van der Waals surface area contributed by atoms with Crippen molar-refractivity contribution in [3.8, 4) is 0 Å². The number of benzene rings is 1. The zero-order valence-electron chi connectivity index (χ0n) is 10.6. The van der Waals surface area contributed by atoms with Crippen molar-refractivity contribution in [2.24, 2.45) is 0 Å². The molecule has 8 heteroatoms. The number of carbonyl (C=O) groups excluding carboxylic acids is 1. The van der Waals surface area contributed by atoms with Crippen molar-refractivity contribution in [1.29, 1.82) is 0 Å². The Balaban J connectivity index is 2.98. The second-order valence-corrected chi connectivity index (χ2v) is 6.65. The van der Waals surface area contributed by atoms with Crippen LogP contribution >= 0.6 is 15.9 Å². The van der Waals surface area contributed by atoms with Crippen LogP contribution in [0.2, 0.25) is 0 Å². The summed E-state index contributed by atoms with van der Waals surface area (Å²) in [4.78, 5) is 11.3. The van der Waals surface area contributed by atoms with E-state index in [0.717, 1.165) is 8.78 Å². The van der Waals surface area contributed by atoms with E-state index >= 15 is 0 Å². The van der Waals surface area contributed by atoms with Crippen molar-refractivity contribution in [3.05, 3.63) is 22.7 Å². The lowest BCUT2D eigenvalue weighted by Gasteiger charge is -2.20. The van der Waals surface area contributed by atoms with E-state index in [2.05, 4.69) is 20.7 Å². The van der Waals surface area contributed by atoms with E-state index in [9.17, 15) is 13.2 Å². The Labute approximate surface area is 120 Å². The number of ether oxygens (including phenoxy) is 1. The Morgan fingerprint density at radius 3 is 2.63 bits per heavy atom. The van der Waals surface area contributed by atoms with E-state index in [-0.39, 0.29) is 6.61 Å². The third-order valence-corrected chi connectivity index (χ3v) is 4.48. The van der Waals surface area contributed by atoms with E-state index in [1.165, 1.54) is 7.05 Å². The first-order valence-corrected chi connectivity index (χ1v) is 7.85. The van der Waals surface area contributed by atoms with Gasteiger partial charge in [-0.3, -0.25) is 9.10 Å². The van der Waals surface area contributed by atoms with Gasteiger partial charge in [0.15, 0.2) is 5.75 Å². The third-order valence-electron chi connectivity index (χ3n) is 2.35. The maximum atomic E-state index is 12.0. The SMILES string of the molecule is CCOC(=O)CS(=O)(=O)N(C)c1ccc(Br)cc1N. The summed E-state index contributed by atoms with van der Waals surface area (Å²) in [6.07, 6.45) is 0. The molecule has 0 spiro atoms. The van der Waals surface area contributed by atoms with Crippen molar-refractivity contribution in [1.82, 2.24) is 0 Å². The van der Waals surface area contributed by atoms with E-state index in [1.807, 2.05) is 0 Å². The minimum atomic E-state index is -3.81. The Morgan fingerprint density at radius 2 is 2.11 bits per heavy atom. The number of nitrogens with two attached hydrogens (primary N) is 1. The summed E-state index contributed by atoms with van der Waals surface area (Å²) in [6, 6.07) is 4.82. The van der Waals surface area contributed by atoms with Crippen LogP contribution in [0.1, 0.15) is 6.92 Å². The van der Waals surface area contributed by atoms with Crippen LogP contribution in [0.5, 0.6) is 0 Å². The van der Waals surface area contributed by atoms with Crippen LogP contribution in [0.4, 0.5) is 11.4 Å². The fourth-order valence-corrected chi connectivity index (χ4v) is 2.83. The van der Waals surface area contributed by atoms with Gasteiger partial charge >= 0.3 is 5.97 Å².